The van der Waals surface area contributed by atoms with Gasteiger partial charge in [0, 0.05) is 13.5 Å². The summed E-state index contributed by atoms with van der Waals surface area (Å²) in [6, 6.07) is 5.47. The topological polar surface area (TPSA) is 86.5 Å². The average Bonchev–Trinajstić information content (AvgIpc) is 2.89. The molecule has 0 unspecified atom stereocenters. The molecule has 0 radical (unpaired) electrons. The lowest BCUT2D eigenvalue weighted by molar-refractivity contribution is -0.120. The van der Waals surface area contributed by atoms with Crippen molar-refractivity contribution in [2.45, 2.75) is 19.9 Å². The van der Waals surface area contributed by atoms with Crippen LogP contribution in [-0.2, 0) is 17.8 Å². The molecule has 0 spiro atoms. The minimum absolute atomic E-state index is 0.0879. The van der Waals surface area contributed by atoms with Crippen molar-refractivity contribution in [1.29, 1.82) is 0 Å². The van der Waals surface area contributed by atoms with Crippen molar-refractivity contribution < 1.29 is 18.8 Å². The van der Waals surface area contributed by atoms with Crippen LogP contribution in [-0.4, -0.2) is 30.3 Å². The van der Waals surface area contributed by atoms with Crippen LogP contribution in [0.1, 0.15) is 17.3 Å². The molecule has 1 aromatic carbocycles. The molecule has 1 amide bonds. The van der Waals surface area contributed by atoms with E-state index in [-0.39, 0.29) is 12.3 Å². The van der Waals surface area contributed by atoms with Crippen LogP contribution >= 0.6 is 0 Å². The Morgan fingerprint density at radius 3 is 2.67 bits per heavy atom. The van der Waals surface area contributed by atoms with Gasteiger partial charge in [-0.15, -0.1) is 0 Å². The predicted octanol–water partition coefficient (Wildman–Crippen LogP) is 1.25. The van der Waals surface area contributed by atoms with Crippen LogP contribution in [0.2, 0.25) is 0 Å². The number of carbonyl (C=O) groups excluding carboxylic acids is 1. The first-order valence-electron chi connectivity index (χ1n) is 6.39. The highest BCUT2D eigenvalue weighted by atomic mass is 16.5. The van der Waals surface area contributed by atoms with Crippen LogP contribution in [0.15, 0.2) is 22.7 Å². The molecule has 0 saturated heterocycles. The molecule has 1 aromatic heterocycles. The Kier molecular flexibility index (Phi) is 4.76. The van der Waals surface area contributed by atoms with Gasteiger partial charge < -0.3 is 19.3 Å². The Labute approximate surface area is 122 Å². The number of aromatic nitrogens is 2. The number of aryl methyl sites for hydroxylation is 1. The zero-order valence-electron chi connectivity index (χ0n) is 12.2. The molecule has 21 heavy (non-hydrogen) atoms. The highest BCUT2D eigenvalue weighted by Gasteiger charge is 2.10. The van der Waals surface area contributed by atoms with E-state index in [1.165, 1.54) is 0 Å². The Bertz CT molecular complexity index is 624. The summed E-state index contributed by atoms with van der Waals surface area (Å²) >= 11 is 0. The minimum Gasteiger partial charge on any atom is -0.493 e. The quantitative estimate of drug-likeness (QED) is 0.862. The fourth-order valence-corrected chi connectivity index (χ4v) is 1.81. The molecule has 0 atom stereocenters. The number of carbonyl (C=O) groups is 1. The van der Waals surface area contributed by atoms with Crippen LogP contribution < -0.4 is 14.8 Å². The number of amides is 1. The summed E-state index contributed by atoms with van der Waals surface area (Å²) in [6.07, 6.45) is 0.0879. The van der Waals surface area contributed by atoms with Gasteiger partial charge in [-0.3, -0.25) is 4.79 Å². The number of hydrogen-bond acceptors (Lipinski definition) is 6. The van der Waals surface area contributed by atoms with Gasteiger partial charge in [0.15, 0.2) is 17.3 Å². The van der Waals surface area contributed by atoms with Crippen LogP contribution in [0.5, 0.6) is 11.5 Å². The SMILES string of the molecule is COc1ccc(CNC(=O)Cc2noc(C)n2)cc1OC. The van der Waals surface area contributed by atoms with E-state index in [2.05, 4.69) is 15.5 Å². The van der Waals surface area contributed by atoms with Crippen molar-refractivity contribution in [2.24, 2.45) is 0 Å². The normalized spacial score (nSPS) is 10.2. The van der Waals surface area contributed by atoms with E-state index < -0.39 is 0 Å². The van der Waals surface area contributed by atoms with Gasteiger partial charge >= 0.3 is 0 Å². The lowest BCUT2D eigenvalue weighted by Crippen LogP contribution is -2.25. The summed E-state index contributed by atoms with van der Waals surface area (Å²) in [5.74, 6) is 1.91. The highest BCUT2D eigenvalue weighted by Crippen LogP contribution is 2.27. The second kappa shape index (κ2) is 6.74. The number of nitrogens with one attached hydrogen (secondary N) is 1. The Hall–Kier alpha value is -2.57. The van der Waals surface area contributed by atoms with E-state index in [1.54, 1.807) is 27.2 Å². The summed E-state index contributed by atoms with van der Waals surface area (Å²) in [6.45, 7) is 2.06. The van der Waals surface area contributed by atoms with E-state index in [1.807, 2.05) is 12.1 Å². The van der Waals surface area contributed by atoms with Crippen LogP contribution in [0.4, 0.5) is 0 Å². The smallest absolute Gasteiger partial charge is 0.228 e. The summed E-state index contributed by atoms with van der Waals surface area (Å²) in [7, 11) is 3.14. The van der Waals surface area contributed by atoms with Crippen molar-refractivity contribution in [3.63, 3.8) is 0 Å². The van der Waals surface area contributed by atoms with Gasteiger partial charge in [0.05, 0.1) is 20.6 Å². The number of methoxy groups -OCH3 is 2. The molecule has 112 valence electrons. The third-order valence-electron chi connectivity index (χ3n) is 2.83. The average molecular weight is 291 g/mol. The number of hydrogen-bond donors (Lipinski definition) is 1. The maximum atomic E-state index is 11.8. The number of rotatable bonds is 6. The molecular formula is C14H17N3O4. The fourth-order valence-electron chi connectivity index (χ4n) is 1.81. The van der Waals surface area contributed by atoms with Crippen molar-refractivity contribution in [2.75, 3.05) is 14.2 Å². The molecule has 2 rings (SSSR count). The molecule has 0 saturated carbocycles. The van der Waals surface area contributed by atoms with E-state index in [0.717, 1.165) is 5.56 Å². The van der Waals surface area contributed by atoms with Crippen LogP contribution in [0.3, 0.4) is 0 Å². The van der Waals surface area contributed by atoms with Crippen molar-refractivity contribution in [3.05, 3.63) is 35.5 Å². The molecule has 0 aliphatic carbocycles. The van der Waals surface area contributed by atoms with Crippen LogP contribution in [0, 0.1) is 6.92 Å². The third-order valence-corrected chi connectivity index (χ3v) is 2.83. The van der Waals surface area contributed by atoms with E-state index >= 15 is 0 Å². The molecule has 7 nitrogen and oxygen atoms in total. The maximum Gasteiger partial charge on any atom is 0.228 e. The standard InChI is InChI=1S/C14H17N3O4/c1-9-16-13(17-21-9)7-14(18)15-8-10-4-5-11(19-2)12(6-10)20-3/h4-6H,7-8H2,1-3H3,(H,15,18). The lowest BCUT2D eigenvalue weighted by Gasteiger charge is -2.10. The predicted molar refractivity (Wildman–Crippen MR) is 74.1 cm³/mol. The summed E-state index contributed by atoms with van der Waals surface area (Å²) in [5.41, 5.74) is 0.908. The Morgan fingerprint density at radius 2 is 2.05 bits per heavy atom. The van der Waals surface area contributed by atoms with Gasteiger partial charge in [-0.25, -0.2) is 0 Å². The summed E-state index contributed by atoms with van der Waals surface area (Å²) < 4.78 is 15.2. The summed E-state index contributed by atoms with van der Waals surface area (Å²) in [5, 5.41) is 6.47. The first kappa shape index (κ1) is 14.8. The fraction of sp³-hybridized carbons (Fsp3) is 0.357. The van der Waals surface area contributed by atoms with Crippen LogP contribution in [0.25, 0.3) is 0 Å². The Morgan fingerprint density at radius 1 is 1.29 bits per heavy atom. The van der Waals surface area contributed by atoms with Gasteiger partial charge in [-0.05, 0) is 17.7 Å². The van der Waals surface area contributed by atoms with Gasteiger partial charge in [-0.2, -0.15) is 4.98 Å². The lowest BCUT2D eigenvalue weighted by atomic mass is 10.2. The minimum atomic E-state index is -0.175. The van der Waals surface area contributed by atoms with E-state index in [0.29, 0.717) is 29.8 Å². The third kappa shape index (κ3) is 3.95. The number of ether oxygens (including phenoxy) is 2. The second-order valence-electron chi connectivity index (χ2n) is 4.37. The number of nitrogens with zero attached hydrogens (tertiary/aromatic N) is 2. The first-order valence-corrected chi connectivity index (χ1v) is 6.39. The van der Waals surface area contributed by atoms with Crippen molar-refractivity contribution in [1.82, 2.24) is 15.5 Å². The van der Waals surface area contributed by atoms with Gasteiger partial charge in [0.2, 0.25) is 11.8 Å². The highest BCUT2D eigenvalue weighted by molar-refractivity contribution is 5.77. The van der Waals surface area contributed by atoms with Crippen molar-refractivity contribution in [3.8, 4) is 11.5 Å². The van der Waals surface area contributed by atoms with Crippen molar-refractivity contribution >= 4 is 5.91 Å². The first-order chi connectivity index (χ1) is 10.1. The molecule has 0 fully saturated rings. The zero-order chi connectivity index (χ0) is 15.2. The largest absolute Gasteiger partial charge is 0.493 e. The molecule has 2 aromatic rings. The van der Waals surface area contributed by atoms with E-state index in [4.69, 9.17) is 14.0 Å². The molecular weight excluding hydrogens is 274 g/mol. The molecule has 1 N–H and O–H groups in total. The second-order valence-corrected chi connectivity index (χ2v) is 4.37. The summed E-state index contributed by atoms with van der Waals surface area (Å²) in [4.78, 5) is 15.8. The van der Waals surface area contributed by atoms with Gasteiger partial charge in [-0.1, -0.05) is 11.2 Å². The number of benzene rings is 1. The molecule has 0 aliphatic heterocycles. The molecule has 0 bridgehead atoms. The Balaban J connectivity index is 1.91. The molecule has 1 heterocycles. The molecule has 0 aliphatic rings. The zero-order valence-corrected chi connectivity index (χ0v) is 12.2. The maximum absolute atomic E-state index is 11.8. The molecule has 7 heteroatoms. The van der Waals surface area contributed by atoms with E-state index in [9.17, 15) is 4.79 Å². The van der Waals surface area contributed by atoms with Gasteiger partial charge in [0.25, 0.3) is 0 Å². The van der Waals surface area contributed by atoms with Gasteiger partial charge in [0.1, 0.15) is 0 Å². The monoisotopic (exact) mass is 291 g/mol.